The van der Waals surface area contributed by atoms with Crippen molar-refractivity contribution in [3.63, 3.8) is 0 Å². The van der Waals surface area contributed by atoms with E-state index in [4.69, 9.17) is 0 Å². The molecule has 11 aromatic rings. The van der Waals surface area contributed by atoms with Gasteiger partial charge in [0.05, 0.1) is 0 Å². The van der Waals surface area contributed by atoms with Crippen molar-refractivity contribution in [1.29, 1.82) is 0 Å². The van der Waals surface area contributed by atoms with Gasteiger partial charge >= 0.3 is 290 Å². The molecule has 3 heteroatoms. The molecule has 11 rings (SSSR count). The number of hydrogen-bond donors (Lipinski definition) is 0. The van der Waals surface area contributed by atoms with Gasteiger partial charge in [0, 0.05) is 0 Å². The molecule has 0 saturated heterocycles. The third kappa shape index (κ3) is 4.36. The summed E-state index contributed by atoms with van der Waals surface area (Å²) in [6.07, 6.45) is 0. The summed E-state index contributed by atoms with van der Waals surface area (Å²) in [4.78, 5) is 0. The van der Waals surface area contributed by atoms with Crippen LogP contribution in [0, 0.1) is 0 Å². The zero-order chi connectivity index (χ0) is 33.5. The average molecular weight is 714 g/mol. The van der Waals surface area contributed by atoms with E-state index < -0.39 is 0 Å². The summed E-state index contributed by atoms with van der Waals surface area (Å²) < 4.78 is 7.81. The summed E-state index contributed by atoms with van der Waals surface area (Å²) in [5.74, 6) is 0. The second-order valence-corrected chi connectivity index (χ2v) is 15.6. The molecule has 8 aromatic carbocycles. The summed E-state index contributed by atoms with van der Waals surface area (Å²) in [5, 5.41) is 7.82. The van der Waals surface area contributed by atoms with Crippen molar-refractivity contribution in [2.45, 2.75) is 0 Å². The van der Waals surface area contributed by atoms with Crippen LogP contribution >= 0.6 is 0 Å². The minimum atomic E-state index is 0.225. The van der Waals surface area contributed by atoms with Crippen molar-refractivity contribution in [2.24, 2.45) is 0 Å². The third-order valence-corrected chi connectivity index (χ3v) is 12.9. The molecule has 238 valence electrons. The van der Waals surface area contributed by atoms with E-state index in [-0.39, 0.29) is 14.5 Å². The van der Waals surface area contributed by atoms with Crippen LogP contribution in [0.15, 0.2) is 182 Å². The molecule has 0 saturated carbocycles. The zero-order valence-electron chi connectivity index (χ0n) is 27.6. The Kier molecular flexibility index (Phi) is 6.30. The van der Waals surface area contributed by atoms with Crippen LogP contribution in [-0.4, -0.2) is 23.6 Å². The van der Waals surface area contributed by atoms with Gasteiger partial charge in [0.2, 0.25) is 0 Å². The average Bonchev–Trinajstić information content (AvgIpc) is 3.85. The van der Waals surface area contributed by atoms with Crippen LogP contribution in [0.1, 0.15) is 0 Å². The summed E-state index contributed by atoms with van der Waals surface area (Å²) in [6.45, 7) is 0. The molecule has 0 unspecified atom stereocenters. The number of nitrogens with zero attached hydrogens (tertiary/aromatic N) is 2. The van der Waals surface area contributed by atoms with E-state index in [1.807, 2.05) is 0 Å². The Morgan fingerprint density at radius 2 is 0.863 bits per heavy atom. The predicted molar refractivity (Wildman–Crippen MR) is 218 cm³/mol. The van der Waals surface area contributed by atoms with Crippen molar-refractivity contribution in [2.75, 3.05) is 0 Å². The molecule has 3 heterocycles. The molecular weight excluding hydrogens is 684 g/mol. The van der Waals surface area contributed by atoms with Gasteiger partial charge in [-0.2, -0.15) is 0 Å². The quantitative estimate of drug-likeness (QED) is 0.161. The van der Waals surface area contributed by atoms with E-state index >= 15 is 0 Å². The van der Waals surface area contributed by atoms with E-state index in [1.165, 1.54) is 96.5 Å². The Bertz CT molecular complexity index is 3070. The Labute approximate surface area is 300 Å². The Morgan fingerprint density at radius 3 is 1.57 bits per heavy atom. The number of aromatic nitrogens is 2. The number of hydrogen-bond acceptors (Lipinski definition) is 0. The second-order valence-electron chi connectivity index (χ2n) is 13.3. The first-order chi connectivity index (χ1) is 25.3. The van der Waals surface area contributed by atoms with Crippen LogP contribution in [0.5, 0.6) is 0 Å². The van der Waals surface area contributed by atoms with Gasteiger partial charge in [-0.15, -0.1) is 0 Å². The molecule has 0 bridgehead atoms. The van der Waals surface area contributed by atoms with Crippen molar-refractivity contribution >= 4 is 77.4 Å². The second kappa shape index (κ2) is 11.2. The van der Waals surface area contributed by atoms with Crippen molar-refractivity contribution in [3.05, 3.63) is 182 Å². The standard InChI is InChI=1S/C48H30N2Se/c1-2-11-31(12-3-1)32-21-23-33(24-22-32)34-25-27-39-47(29-34)51-46-20-10-19-45(48(39)46)50-43-18-9-6-15-38(43)40-30-35(26-28-44(40)50)49-41-16-7-4-13-36(41)37-14-5-8-17-42(37)49/h1-30H. The zero-order valence-corrected chi connectivity index (χ0v) is 29.3. The van der Waals surface area contributed by atoms with Crippen LogP contribution in [0.2, 0.25) is 0 Å². The molecule has 0 aliphatic heterocycles. The fourth-order valence-corrected chi connectivity index (χ4v) is 10.7. The molecule has 0 amide bonds. The number of para-hydroxylation sites is 3. The monoisotopic (exact) mass is 714 g/mol. The predicted octanol–water partition coefficient (Wildman–Crippen LogP) is 12.6. The molecule has 0 fully saturated rings. The van der Waals surface area contributed by atoms with Crippen LogP contribution in [0.4, 0.5) is 0 Å². The molecule has 0 radical (unpaired) electrons. The van der Waals surface area contributed by atoms with Gasteiger partial charge in [0.15, 0.2) is 0 Å². The molecule has 0 aliphatic carbocycles. The van der Waals surface area contributed by atoms with Gasteiger partial charge in [0.25, 0.3) is 0 Å². The molecular formula is C48H30N2Se. The maximum absolute atomic E-state index is 2.50. The number of rotatable bonds is 4. The summed E-state index contributed by atoms with van der Waals surface area (Å²) in [5.41, 5.74) is 12.4. The molecule has 51 heavy (non-hydrogen) atoms. The van der Waals surface area contributed by atoms with Gasteiger partial charge in [0.1, 0.15) is 0 Å². The first kappa shape index (κ1) is 28.7. The van der Waals surface area contributed by atoms with Crippen LogP contribution in [-0.2, 0) is 0 Å². The molecule has 0 N–H and O–H groups in total. The van der Waals surface area contributed by atoms with E-state index in [0.29, 0.717) is 0 Å². The van der Waals surface area contributed by atoms with E-state index in [0.717, 1.165) is 0 Å². The fourth-order valence-electron chi connectivity index (χ4n) is 8.22. The maximum atomic E-state index is 2.50. The summed E-state index contributed by atoms with van der Waals surface area (Å²) in [6, 6.07) is 67.0. The first-order valence-electron chi connectivity index (χ1n) is 17.4. The molecule has 0 atom stereocenters. The van der Waals surface area contributed by atoms with Crippen LogP contribution in [0.3, 0.4) is 0 Å². The Morgan fingerprint density at radius 1 is 0.314 bits per heavy atom. The van der Waals surface area contributed by atoms with Crippen LogP contribution in [0.25, 0.3) is 96.5 Å². The number of benzene rings is 8. The molecule has 0 aliphatic rings. The van der Waals surface area contributed by atoms with E-state index in [2.05, 4.69) is 191 Å². The molecule has 3 aromatic heterocycles. The number of fused-ring (bicyclic) bond motifs is 9. The summed E-state index contributed by atoms with van der Waals surface area (Å²) >= 11 is 0.225. The Balaban J connectivity index is 1.08. The van der Waals surface area contributed by atoms with Crippen molar-refractivity contribution in [1.82, 2.24) is 9.13 Å². The SMILES string of the molecule is c1ccc(-c2ccc(-c3ccc4c(c3)[se]c3cccc(-n5c6ccccc6c6cc(-n7c8ccccc8c8ccccc87)ccc65)c34)cc2)cc1. The normalized spacial score (nSPS) is 11.9. The van der Waals surface area contributed by atoms with Crippen molar-refractivity contribution in [3.8, 4) is 33.6 Å². The first-order valence-corrected chi connectivity index (χ1v) is 19.1. The Hall–Kier alpha value is -6.12. The van der Waals surface area contributed by atoms with Gasteiger partial charge in [-0.1, -0.05) is 12.1 Å². The third-order valence-electron chi connectivity index (χ3n) is 10.5. The van der Waals surface area contributed by atoms with Gasteiger partial charge < -0.3 is 0 Å². The topological polar surface area (TPSA) is 9.86 Å². The minimum absolute atomic E-state index is 0.225. The summed E-state index contributed by atoms with van der Waals surface area (Å²) in [7, 11) is 0. The van der Waals surface area contributed by atoms with Crippen molar-refractivity contribution < 1.29 is 0 Å². The molecule has 0 spiro atoms. The van der Waals surface area contributed by atoms with E-state index in [1.54, 1.807) is 0 Å². The van der Waals surface area contributed by atoms with Gasteiger partial charge in [-0.25, -0.2) is 0 Å². The van der Waals surface area contributed by atoms with Gasteiger partial charge in [-0.05, 0) is 0 Å². The van der Waals surface area contributed by atoms with E-state index in [9.17, 15) is 0 Å². The molecule has 2 nitrogen and oxygen atoms in total. The fraction of sp³-hybridized carbons (Fsp3) is 0. The van der Waals surface area contributed by atoms with Crippen LogP contribution < -0.4 is 0 Å². The van der Waals surface area contributed by atoms with Gasteiger partial charge in [-0.3, -0.25) is 0 Å².